The molecule has 1 aliphatic heterocycles. The molecule has 0 amide bonds. The lowest BCUT2D eigenvalue weighted by Gasteiger charge is -2.15. The molecule has 3 rings (SSSR count). The lowest BCUT2D eigenvalue weighted by Crippen LogP contribution is -2.29. The largest absolute Gasteiger partial charge is 0.396 e. The van der Waals surface area contributed by atoms with E-state index in [9.17, 15) is 8.42 Å². The van der Waals surface area contributed by atoms with Crippen LogP contribution < -0.4 is 0 Å². The van der Waals surface area contributed by atoms with E-state index < -0.39 is 10.0 Å². The van der Waals surface area contributed by atoms with E-state index in [-0.39, 0.29) is 17.4 Å². The smallest absolute Gasteiger partial charge is 0.245 e. The van der Waals surface area contributed by atoms with Gasteiger partial charge in [0.2, 0.25) is 10.0 Å². The molecule has 1 aliphatic rings. The van der Waals surface area contributed by atoms with Gasteiger partial charge in [-0.1, -0.05) is 0 Å². The Balaban J connectivity index is 2.01. The van der Waals surface area contributed by atoms with Gasteiger partial charge >= 0.3 is 0 Å². The van der Waals surface area contributed by atoms with Gasteiger partial charge in [-0.3, -0.25) is 0 Å². The number of pyridine rings is 1. The summed E-state index contributed by atoms with van der Waals surface area (Å²) in [6.45, 7) is 0.869. The fraction of sp³-hybridized carbons (Fsp3) is 0.417. The third-order valence-electron chi connectivity index (χ3n) is 3.54. The molecule has 19 heavy (non-hydrogen) atoms. The number of aromatic nitrogens is 2. The van der Waals surface area contributed by atoms with Crippen molar-refractivity contribution in [3.05, 3.63) is 24.5 Å². The van der Waals surface area contributed by atoms with Crippen LogP contribution in [0.25, 0.3) is 11.0 Å². The van der Waals surface area contributed by atoms with Crippen molar-refractivity contribution in [2.75, 3.05) is 19.7 Å². The number of fused-ring (bicyclic) bond motifs is 1. The van der Waals surface area contributed by atoms with E-state index in [0.29, 0.717) is 30.5 Å². The predicted molar refractivity (Wildman–Crippen MR) is 70.0 cm³/mol. The van der Waals surface area contributed by atoms with Gasteiger partial charge in [0.25, 0.3) is 0 Å². The molecule has 2 N–H and O–H groups in total. The van der Waals surface area contributed by atoms with E-state index in [1.807, 2.05) is 0 Å². The zero-order valence-corrected chi connectivity index (χ0v) is 11.1. The van der Waals surface area contributed by atoms with Crippen LogP contribution in [-0.4, -0.2) is 47.5 Å². The molecule has 6 nitrogen and oxygen atoms in total. The van der Waals surface area contributed by atoms with Crippen molar-refractivity contribution in [1.82, 2.24) is 14.3 Å². The molecule has 1 fully saturated rings. The van der Waals surface area contributed by atoms with Crippen LogP contribution in [0.4, 0.5) is 0 Å². The maximum absolute atomic E-state index is 12.6. The summed E-state index contributed by atoms with van der Waals surface area (Å²) in [5.41, 5.74) is 0.569. The summed E-state index contributed by atoms with van der Waals surface area (Å²) in [4.78, 5) is 7.23. The number of rotatable bonds is 3. The number of nitrogens with zero attached hydrogens (tertiary/aromatic N) is 2. The van der Waals surface area contributed by atoms with Crippen LogP contribution in [0.2, 0.25) is 0 Å². The molecule has 0 radical (unpaired) electrons. The van der Waals surface area contributed by atoms with Gasteiger partial charge in [-0.2, -0.15) is 4.31 Å². The Morgan fingerprint density at radius 3 is 3.11 bits per heavy atom. The van der Waals surface area contributed by atoms with Gasteiger partial charge in [0.15, 0.2) is 0 Å². The SMILES string of the molecule is O=S(=O)(c1c[nH]c2ncccc12)N1CCC(CO)C1. The normalized spacial score (nSPS) is 21.2. The second-order valence-electron chi connectivity index (χ2n) is 4.75. The highest BCUT2D eigenvalue weighted by atomic mass is 32.2. The number of nitrogens with one attached hydrogen (secondary N) is 1. The third kappa shape index (κ3) is 2.03. The van der Waals surface area contributed by atoms with E-state index in [4.69, 9.17) is 5.11 Å². The second-order valence-corrected chi connectivity index (χ2v) is 6.66. The number of sulfonamides is 1. The summed E-state index contributed by atoms with van der Waals surface area (Å²) >= 11 is 0. The molecule has 0 spiro atoms. The molecule has 0 aliphatic carbocycles. The van der Waals surface area contributed by atoms with Crippen LogP contribution in [-0.2, 0) is 10.0 Å². The molecule has 0 aromatic carbocycles. The van der Waals surface area contributed by atoms with E-state index in [0.717, 1.165) is 0 Å². The molecule has 3 heterocycles. The Labute approximate surface area is 111 Å². The van der Waals surface area contributed by atoms with Crippen molar-refractivity contribution in [1.29, 1.82) is 0 Å². The Kier molecular flexibility index (Phi) is 3.04. The number of aromatic amines is 1. The van der Waals surface area contributed by atoms with Crippen LogP contribution >= 0.6 is 0 Å². The fourth-order valence-electron chi connectivity index (χ4n) is 2.45. The highest BCUT2D eigenvalue weighted by Crippen LogP contribution is 2.28. The number of aliphatic hydroxyl groups excluding tert-OH is 1. The van der Waals surface area contributed by atoms with Crippen LogP contribution in [0.5, 0.6) is 0 Å². The van der Waals surface area contributed by atoms with Crippen molar-refractivity contribution in [2.24, 2.45) is 5.92 Å². The molecule has 102 valence electrons. The van der Waals surface area contributed by atoms with Crippen LogP contribution in [0.15, 0.2) is 29.4 Å². The van der Waals surface area contributed by atoms with Crippen molar-refractivity contribution >= 4 is 21.1 Å². The quantitative estimate of drug-likeness (QED) is 0.861. The Morgan fingerprint density at radius 1 is 1.53 bits per heavy atom. The molecule has 1 unspecified atom stereocenters. The summed E-state index contributed by atoms with van der Waals surface area (Å²) in [5.74, 6) is 0.0399. The highest BCUT2D eigenvalue weighted by Gasteiger charge is 2.33. The van der Waals surface area contributed by atoms with Gasteiger partial charge in [0, 0.05) is 37.5 Å². The number of aliphatic hydroxyl groups is 1. The summed E-state index contributed by atoms with van der Waals surface area (Å²) < 4.78 is 26.6. The van der Waals surface area contributed by atoms with Crippen molar-refractivity contribution in [2.45, 2.75) is 11.3 Å². The lowest BCUT2D eigenvalue weighted by atomic mass is 10.1. The van der Waals surface area contributed by atoms with Crippen LogP contribution in [0.1, 0.15) is 6.42 Å². The van der Waals surface area contributed by atoms with Crippen molar-refractivity contribution in [3.63, 3.8) is 0 Å². The summed E-state index contributed by atoms with van der Waals surface area (Å²) in [6, 6.07) is 3.46. The average molecular weight is 281 g/mol. The molecule has 2 aromatic rings. The molecular formula is C12H15N3O3S. The molecule has 0 saturated carbocycles. The summed E-state index contributed by atoms with van der Waals surface area (Å²) in [7, 11) is -3.51. The Bertz CT molecular complexity index is 695. The Morgan fingerprint density at radius 2 is 2.37 bits per heavy atom. The standard InChI is InChI=1S/C12H15N3O3S/c16-8-9-3-5-15(7-9)19(17,18)11-6-14-12-10(11)2-1-4-13-12/h1-2,4,6,9,16H,3,5,7-8H2,(H,13,14). The Hall–Kier alpha value is -1.44. The number of hydrogen-bond acceptors (Lipinski definition) is 4. The first kappa shape index (κ1) is 12.6. The number of hydrogen-bond donors (Lipinski definition) is 2. The highest BCUT2D eigenvalue weighted by molar-refractivity contribution is 7.89. The lowest BCUT2D eigenvalue weighted by molar-refractivity contribution is 0.233. The first-order chi connectivity index (χ1) is 9.13. The minimum Gasteiger partial charge on any atom is -0.396 e. The van der Waals surface area contributed by atoms with Crippen LogP contribution in [0, 0.1) is 5.92 Å². The van der Waals surface area contributed by atoms with Gasteiger partial charge in [-0.25, -0.2) is 13.4 Å². The third-order valence-corrected chi connectivity index (χ3v) is 5.44. The van der Waals surface area contributed by atoms with Crippen molar-refractivity contribution < 1.29 is 13.5 Å². The summed E-state index contributed by atoms with van der Waals surface area (Å²) in [5, 5.41) is 9.72. The molecule has 1 atom stereocenters. The van der Waals surface area contributed by atoms with E-state index in [2.05, 4.69) is 9.97 Å². The molecule has 1 saturated heterocycles. The van der Waals surface area contributed by atoms with E-state index >= 15 is 0 Å². The van der Waals surface area contributed by atoms with E-state index in [1.165, 1.54) is 10.5 Å². The zero-order chi connectivity index (χ0) is 13.5. The minimum atomic E-state index is -3.51. The molecule has 7 heteroatoms. The van der Waals surface area contributed by atoms with Gasteiger partial charge in [-0.15, -0.1) is 0 Å². The topological polar surface area (TPSA) is 86.3 Å². The van der Waals surface area contributed by atoms with E-state index in [1.54, 1.807) is 18.3 Å². The maximum atomic E-state index is 12.6. The molecule has 2 aromatic heterocycles. The van der Waals surface area contributed by atoms with Gasteiger partial charge in [0.05, 0.1) is 0 Å². The van der Waals surface area contributed by atoms with Gasteiger partial charge in [0.1, 0.15) is 10.5 Å². The monoisotopic (exact) mass is 281 g/mol. The first-order valence-electron chi connectivity index (χ1n) is 6.16. The first-order valence-corrected chi connectivity index (χ1v) is 7.60. The maximum Gasteiger partial charge on any atom is 0.245 e. The van der Waals surface area contributed by atoms with Crippen molar-refractivity contribution in [3.8, 4) is 0 Å². The summed E-state index contributed by atoms with van der Waals surface area (Å²) in [6.07, 6.45) is 3.81. The van der Waals surface area contributed by atoms with Gasteiger partial charge < -0.3 is 10.1 Å². The average Bonchev–Trinajstić information content (AvgIpc) is 3.06. The van der Waals surface area contributed by atoms with Crippen LogP contribution in [0.3, 0.4) is 0 Å². The van der Waals surface area contributed by atoms with Gasteiger partial charge in [-0.05, 0) is 24.5 Å². The second kappa shape index (κ2) is 4.59. The fourth-order valence-corrected chi connectivity index (χ4v) is 4.13. The predicted octanol–water partition coefficient (Wildman–Crippen LogP) is 0.566. The zero-order valence-electron chi connectivity index (χ0n) is 10.3. The molecular weight excluding hydrogens is 266 g/mol. The molecule has 0 bridgehead atoms. The minimum absolute atomic E-state index is 0.0292. The number of H-pyrrole nitrogens is 1.